The molecule has 0 aliphatic rings. The fraction of sp³-hybridized carbons (Fsp3) is 0.0339. The first-order chi connectivity index (χ1) is 34.0. The van der Waals surface area contributed by atoms with Gasteiger partial charge >= 0.3 is 12.4 Å². The molecular formula is C59H35F6N5. The highest BCUT2D eigenvalue weighted by Crippen LogP contribution is 2.45. The van der Waals surface area contributed by atoms with Crippen LogP contribution in [0.2, 0.25) is 0 Å². The Bertz CT molecular complexity index is 3910. The van der Waals surface area contributed by atoms with Gasteiger partial charge in [0.1, 0.15) is 0 Å². The molecule has 70 heavy (non-hydrogen) atoms. The first-order valence-corrected chi connectivity index (χ1v) is 22.4. The van der Waals surface area contributed by atoms with Crippen LogP contribution in [0, 0.1) is 0 Å². The maximum absolute atomic E-state index is 14.7. The van der Waals surface area contributed by atoms with E-state index < -0.39 is 23.5 Å². The van der Waals surface area contributed by atoms with E-state index in [1.165, 1.54) is 6.07 Å². The van der Waals surface area contributed by atoms with E-state index in [9.17, 15) is 26.3 Å². The highest BCUT2D eigenvalue weighted by Gasteiger charge is 2.38. The van der Waals surface area contributed by atoms with Crippen molar-refractivity contribution in [3.05, 3.63) is 223 Å². The molecule has 0 bridgehead atoms. The van der Waals surface area contributed by atoms with Gasteiger partial charge in [-0.1, -0.05) is 158 Å². The van der Waals surface area contributed by atoms with Gasteiger partial charge in [0.2, 0.25) is 0 Å². The van der Waals surface area contributed by atoms with E-state index >= 15 is 0 Å². The van der Waals surface area contributed by atoms with E-state index in [-0.39, 0.29) is 17.2 Å². The number of fused-ring (bicyclic) bond motifs is 6. The summed E-state index contributed by atoms with van der Waals surface area (Å²) in [4.78, 5) is 15.4. The van der Waals surface area contributed by atoms with Crippen LogP contribution in [0.4, 0.5) is 26.3 Å². The van der Waals surface area contributed by atoms with Gasteiger partial charge in [0, 0.05) is 49.5 Å². The average molecular weight is 928 g/mol. The summed E-state index contributed by atoms with van der Waals surface area (Å²) < 4.78 is 90.0. The molecule has 11 heteroatoms. The number of benzene rings is 9. The quantitative estimate of drug-likeness (QED) is 0.150. The predicted octanol–water partition coefficient (Wildman–Crippen LogP) is 16.4. The summed E-state index contributed by atoms with van der Waals surface area (Å²) >= 11 is 0. The van der Waals surface area contributed by atoms with Crippen LogP contribution < -0.4 is 0 Å². The Morgan fingerprint density at radius 1 is 0.329 bits per heavy atom. The molecule has 0 saturated carbocycles. The molecule has 0 saturated heterocycles. The van der Waals surface area contributed by atoms with E-state index in [0.29, 0.717) is 40.3 Å². The number of alkyl halides is 6. The number of para-hydroxylation sites is 4. The number of halogens is 6. The Morgan fingerprint density at radius 3 is 1.50 bits per heavy atom. The second-order valence-corrected chi connectivity index (χ2v) is 17.0. The minimum Gasteiger partial charge on any atom is -0.309 e. The average Bonchev–Trinajstić information content (AvgIpc) is 3.91. The molecule has 0 aliphatic heterocycles. The summed E-state index contributed by atoms with van der Waals surface area (Å²) in [5.74, 6) is 1.20. The lowest BCUT2D eigenvalue weighted by Gasteiger charge is -2.18. The largest absolute Gasteiger partial charge is 0.417 e. The fourth-order valence-corrected chi connectivity index (χ4v) is 9.71. The van der Waals surface area contributed by atoms with Gasteiger partial charge in [-0.3, -0.25) is 0 Å². The highest BCUT2D eigenvalue weighted by molar-refractivity contribution is 6.14. The van der Waals surface area contributed by atoms with Crippen LogP contribution in [-0.2, 0) is 12.4 Å². The minimum absolute atomic E-state index is 0.0917. The van der Waals surface area contributed by atoms with Gasteiger partial charge in [0.15, 0.2) is 17.5 Å². The van der Waals surface area contributed by atoms with Crippen LogP contribution in [0.25, 0.3) is 111 Å². The third kappa shape index (κ3) is 7.25. The topological polar surface area (TPSA) is 48.5 Å². The molecule has 9 aromatic carbocycles. The molecular weight excluding hydrogens is 893 g/mol. The van der Waals surface area contributed by atoms with Crippen molar-refractivity contribution in [1.29, 1.82) is 0 Å². The van der Waals surface area contributed by atoms with Crippen LogP contribution in [-0.4, -0.2) is 24.1 Å². The predicted molar refractivity (Wildman–Crippen MR) is 266 cm³/mol. The summed E-state index contributed by atoms with van der Waals surface area (Å²) in [7, 11) is 0. The SMILES string of the molecule is FC(F)(F)c1ccc(-c2ccc3c4ccccc4n(-c4ccc(-c5cccc6c7ccccc7n(-c7ccccc7)c56)cc4-c4nc(-c5ccccc5)nc(-c5ccccc5)n4)c3c2)c(C(F)(F)F)c1. The Balaban J connectivity index is 1.17. The van der Waals surface area contributed by atoms with Crippen LogP contribution in [0.15, 0.2) is 212 Å². The van der Waals surface area contributed by atoms with Crippen LogP contribution in [0.1, 0.15) is 11.1 Å². The van der Waals surface area contributed by atoms with Gasteiger partial charge in [0.05, 0.1) is 38.9 Å². The molecule has 3 heterocycles. The van der Waals surface area contributed by atoms with Crippen molar-refractivity contribution in [1.82, 2.24) is 24.1 Å². The van der Waals surface area contributed by atoms with Gasteiger partial charge in [0.25, 0.3) is 0 Å². The summed E-state index contributed by atoms with van der Waals surface area (Å²) in [5.41, 5.74) is 5.69. The zero-order valence-electron chi connectivity index (χ0n) is 36.7. The molecule has 12 aromatic rings. The van der Waals surface area contributed by atoms with E-state index in [4.69, 9.17) is 15.0 Å². The fourth-order valence-electron chi connectivity index (χ4n) is 9.71. The molecule has 5 nitrogen and oxygen atoms in total. The molecule has 0 fully saturated rings. The Morgan fingerprint density at radius 2 is 0.857 bits per heavy atom. The van der Waals surface area contributed by atoms with Crippen LogP contribution in [0.3, 0.4) is 0 Å². The molecule has 0 amide bonds. The third-order valence-corrected chi connectivity index (χ3v) is 12.8. The first-order valence-electron chi connectivity index (χ1n) is 22.4. The Kier molecular flexibility index (Phi) is 9.99. The Hall–Kier alpha value is -8.83. The normalized spacial score (nSPS) is 12.1. The molecule has 0 unspecified atom stereocenters. The molecule has 0 atom stereocenters. The second-order valence-electron chi connectivity index (χ2n) is 17.0. The van der Waals surface area contributed by atoms with Crippen molar-refractivity contribution in [3.8, 4) is 67.8 Å². The van der Waals surface area contributed by atoms with Gasteiger partial charge < -0.3 is 9.13 Å². The summed E-state index contributed by atoms with van der Waals surface area (Å²) in [6.45, 7) is 0. The minimum atomic E-state index is -5.08. The molecule has 0 N–H and O–H groups in total. The smallest absolute Gasteiger partial charge is 0.309 e. The van der Waals surface area contributed by atoms with Crippen molar-refractivity contribution in [2.24, 2.45) is 0 Å². The molecule has 12 rings (SSSR count). The van der Waals surface area contributed by atoms with Crippen molar-refractivity contribution < 1.29 is 26.3 Å². The molecule has 0 spiro atoms. The van der Waals surface area contributed by atoms with Crippen LogP contribution >= 0.6 is 0 Å². The summed E-state index contributed by atoms with van der Waals surface area (Å²) in [5, 5.41) is 3.67. The van der Waals surface area contributed by atoms with E-state index in [0.717, 1.165) is 72.1 Å². The lowest BCUT2D eigenvalue weighted by Crippen LogP contribution is -2.12. The second kappa shape index (κ2) is 16.4. The number of hydrogen-bond donors (Lipinski definition) is 0. The van der Waals surface area contributed by atoms with Crippen molar-refractivity contribution in [2.45, 2.75) is 12.4 Å². The van der Waals surface area contributed by atoms with Gasteiger partial charge in [-0.05, 0) is 71.3 Å². The van der Waals surface area contributed by atoms with Crippen molar-refractivity contribution in [2.75, 3.05) is 0 Å². The maximum Gasteiger partial charge on any atom is 0.417 e. The van der Waals surface area contributed by atoms with Gasteiger partial charge in [-0.2, -0.15) is 26.3 Å². The number of aromatic nitrogens is 5. The summed E-state index contributed by atoms with van der Waals surface area (Å²) in [6, 6.07) is 64.3. The molecule has 0 radical (unpaired) electrons. The molecule has 0 aliphatic carbocycles. The maximum atomic E-state index is 14.7. The van der Waals surface area contributed by atoms with Crippen LogP contribution in [0.5, 0.6) is 0 Å². The zero-order valence-corrected chi connectivity index (χ0v) is 36.7. The van der Waals surface area contributed by atoms with E-state index in [1.807, 2.05) is 138 Å². The number of hydrogen-bond acceptors (Lipinski definition) is 3. The van der Waals surface area contributed by atoms with Gasteiger partial charge in [-0.15, -0.1) is 0 Å². The third-order valence-electron chi connectivity index (χ3n) is 12.8. The first kappa shape index (κ1) is 42.5. The van der Waals surface area contributed by atoms with Gasteiger partial charge in [-0.25, -0.2) is 15.0 Å². The number of nitrogens with zero attached hydrogens (tertiary/aromatic N) is 5. The summed E-state index contributed by atoms with van der Waals surface area (Å²) in [6.07, 6.45) is -10.1. The van der Waals surface area contributed by atoms with E-state index in [1.54, 1.807) is 12.1 Å². The number of rotatable bonds is 7. The Labute approximate surface area is 396 Å². The standard InChI is InChI=1S/C59H35F6N5/c60-58(61,62)40-29-31-42(49(35-40)59(63,64)65)39-27-30-46-44-21-10-13-26-51(44)70(53(46)34-39)52-32-28-38(43-23-14-24-47-45-22-11-12-25-50(45)69(54(43)47)41-19-8-3-9-20-41)33-48(52)57-67-55(36-15-4-1-5-16-36)66-56(68-57)37-17-6-2-7-18-37/h1-35H. The van der Waals surface area contributed by atoms with E-state index in [2.05, 4.69) is 47.0 Å². The monoisotopic (exact) mass is 927 g/mol. The van der Waals surface area contributed by atoms with Crippen molar-refractivity contribution in [3.63, 3.8) is 0 Å². The lowest BCUT2D eigenvalue weighted by molar-refractivity contribution is -0.142. The lowest BCUT2D eigenvalue weighted by atomic mass is 9.96. The highest BCUT2D eigenvalue weighted by atomic mass is 19.4. The zero-order chi connectivity index (χ0) is 47.7. The van der Waals surface area contributed by atoms with Crippen molar-refractivity contribution >= 4 is 43.6 Å². The molecule has 338 valence electrons. The molecule has 3 aromatic heterocycles.